The van der Waals surface area contributed by atoms with Crippen molar-refractivity contribution in [3.63, 3.8) is 0 Å². The van der Waals surface area contributed by atoms with Crippen LogP contribution in [0.3, 0.4) is 0 Å². The maximum absolute atomic E-state index is 11.8. The van der Waals surface area contributed by atoms with Gasteiger partial charge in [0.1, 0.15) is 17.2 Å². The molecule has 9 heteroatoms. The average molecular weight is 537 g/mol. The standard InChI is InChI=1S/C16H13Br3N2O4/c1-24-9-2-4-10(5-3-9)25-8-14(22)21-20-7-11-12(17)6-13(18)16(23)15(11)19/h2-7,23H,8H2,1H3,(H,21,22)/b20-7+. The van der Waals surface area contributed by atoms with E-state index in [1.54, 1.807) is 37.4 Å². The van der Waals surface area contributed by atoms with Crippen molar-refractivity contribution in [2.45, 2.75) is 0 Å². The summed E-state index contributed by atoms with van der Waals surface area (Å²) in [6.45, 7) is -0.183. The smallest absolute Gasteiger partial charge is 0.277 e. The maximum atomic E-state index is 11.8. The first kappa shape index (κ1) is 19.7. The third-order valence-corrected chi connectivity index (χ3v) is 5.06. The molecule has 0 radical (unpaired) electrons. The van der Waals surface area contributed by atoms with Crippen molar-refractivity contribution < 1.29 is 19.4 Å². The Morgan fingerprint density at radius 3 is 2.48 bits per heavy atom. The lowest BCUT2D eigenvalue weighted by atomic mass is 10.2. The van der Waals surface area contributed by atoms with Crippen molar-refractivity contribution in [1.82, 2.24) is 5.43 Å². The van der Waals surface area contributed by atoms with E-state index in [0.717, 1.165) is 0 Å². The number of hydrogen-bond acceptors (Lipinski definition) is 5. The van der Waals surface area contributed by atoms with Gasteiger partial charge in [-0.1, -0.05) is 15.9 Å². The molecule has 0 aliphatic carbocycles. The number of benzene rings is 2. The van der Waals surface area contributed by atoms with E-state index in [4.69, 9.17) is 9.47 Å². The van der Waals surface area contributed by atoms with Crippen LogP contribution in [0.25, 0.3) is 0 Å². The molecule has 132 valence electrons. The van der Waals surface area contributed by atoms with E-state index in [-0.39, 0.29) is 12.4 Å². The molecule has 0 saturated heterocycles. The van der Waals surface area contributed by atoms with E-state index in [2.05, 4.69) is 58.3 Å². The van der Waals surface area contributed by atoms with Crippen molar-refractivity contribution >= 4 is 59.9 Å². The summed E-state index contributed by atoms with van der Waals surface area (Å²) in [7, 11) is 1.57. The van der Waals surface area contributed by atoms with Crippen LogP contribution in [0.1, 0.15) is 5.56 Å². The minimum Gasteiger partial charge on any atom is -0.506 e. The van der Waals surface area contributed by atoms with Gasteiger partial charge in [-0.15, -0.1) is 0 Å². The van der Waals surface area contributed by atoms with Gasteiger partial charge in [-0.05, 0) is 62.2 Å². The first-order valence-corrected chi connectivity index (χ1v) is 9.25. The average Bonchev–Trinajstić information content (AvgIpc) is 2.61. The van der Waals surface area contributed by atoms with Crippen LogP contribution < -0.4 is 14.9 Å². The van der Waals surface area contributed by atoms with Crippen LogP contribution >= 0.6 is 47.8 Å². The van der Waals surface area contributed by atoms with Gasteiger partial charge in [-0.25, -0.2) is 5.43 Å². The van der Waals surface area contributed by atoms with Crippen molar-refractivity contribution in [3.05, 3.63) is 49.3 Å². The summed E-state index contributed by atoms with van der Waals surface area (Å²) in [6, 6.07) is 8.55. The van der Waals surface area contributed by atoms with E-state index in [1.165, 1.54) is 6.21 Å². The largest absolute Gasteiger partial charge is 0.506 e. The molecule has 25 heavy (non-hydrogen) atoms. The van der Waals surface area contributed by atoms with Crippen LogP contribution in [0, 0.1) is 0 Å². The number of carbonyl (C=O) groups is 1. The van der Waals surface area contributed by atoms with E-state index < -0.39 is 5.91 Å². The summed E-state index contributed by atoms with van der Waals surface area (Å²) in [5.74, 6) is 0.873. The Labute approximate surface area is 169 Å². The third kappa shape index (κ3) is 5.45. The number of hydrazone groups is 1. The molecule has 0 spiro atoms. The lowest BCUT2D eigenvalue weighted by Gasteiger charge is -2.07. The summed E-state index contributed by atoms with van der Waals surface area (Å²) in [5, 5.41) is 13.7. The van der Waals surface area contributed by atoms with Gasteiger partial charge in [0.05, 0.1) is 22.3 Å². The van der Waals surface area contributed by atoms with Crippen LogP contribution in [0.5, 0.6) is 17.2 Å². The summed E-state index contributed by atoms with van der Waals surface area (Å²) in [6.07, 6.45) is 1.41. The molecule has 0 aliphatic rings. The third-order valence-electron chi connectivity index (χ3n) is 2.99. The van der Waals surface area contributed by atoms with Crippen molar-refractivity contribution in [2.24, 2.45) is 5.10 Å². The SMILES string of the molecule is COc1ccc(OCC(=O)N/N=C/c2c(Br)cc(Br)c(O)c2Br)cc1. The minimum atomic E-state index is -0.416. The fourth-order valence-corrected chi connectivity index (χ4v) is 4.06. The first-order valence-electron chi connectivity index (χ1n) is 6.87. The molecular weight excluding hydrogens is 524 g/mol. The number of methoxy groups -OCH3 is 1. The van der Waals surface area contributed by atoms with E-state index in [0.29, 0.717) is 30.5 Å². The van der Waals surface area contributed by atoms with Crippen LogP contribution in [-0.2, 0) is 4.79 Å². The van der Waals surface area contributed by atoms with Crippen molar-refractivity contribution in [3.8, 4) is 17.2 Å². The zero-order chi connectivity index (χ0) is 18.4. The predicted octanol–water partition coefficient (Wildman–Crippen LogP) is 4.22. The molecule has 0 bridgehead atoms. The highest BCUT2D eigenvalue weighted by molar-refractivity contribution is 9.11. The number of ether oxygens (including phenoxy) is 2. The molecule has 2 aromatic carbocycles. The summed E-state index contributed by atoms with van der Waals surface area (Å²) in [5.41, 5.74) is 2.94. The second-order valence-electron chi connectivity index (χ2n) is 4.67. The Morgan fingerprint density at radius 1 is 1.20 bits per heavy atom. The molecule has 0 heterocycles. The number of nitrogens with one attached hydrogen (secondary N) is 1. The Hall–Kier alpha value is -1.58. The molecule has 2 N–H and O–H groups in total. The lowest BCUT2D eigenvalue weighted by molar-refractivity contribution is -0.123. The number of rotatable bonds is 6. The molecular formula is C16H13Br3N2O4. The zero-order valence-corrected chi connectivity index (χ0v) is 17.7. The van der Waals surface area contributed by atoms with Crippen LogP contribution in [0.15, 0.2) is 48.9 Å². The van der Waals surface area contributed by atoms with Crippen molar-refractivity contribution in [1.29, 1.82) is 0 Å². The van der Waals surface area contributed by atoms with Gasteiger partial charge in [0.2, 0.25) is 0 Å². The summed E-state index contributed by atoms with van der Waals surface area (Å²) in [4.78, 5) is 11.8. The zero-order valence-electron chi connectivity index (χ0n) is 12.9. The van der Waals surface area contributed by atoms with E-state index >= 15 is 0 Å². The summed E-state index contributed by atoms with van der Waals surface area (Å²) >= 11 is 9.86. The van der Waals surface area contributed by atoms with Gasteiger partial charge < -0.3 is 14.6 Å². The Balaban J connectivity index is 1.91. The van der Waals surface area contributed by atoms with Gasteiger partial charge in [0.15, 0.2) is 6.61 Å². The number of hydrogen-bond donors (Lipinski definition) is 2. The maximum Gasteiger partial charge on any atom is 0.277 e. The Kier molecular flexibility index (Phi) is 7.27. The highest BCUT2D eigenvalue weighted by atomic mass is 79.9. The number of halogens is 3. The van der Waals surface area contributed by atoms with E-state index in [1.807, 2.05) is 0 Å². The van der Waals surface area contributed by atoms with Crippen LogP contribution in [-0.4, -0.2) is 30.9 Å². The van der Waals surface area contributed by atoms with Crippen molar-refractivity contribution in [2.75, 3.05) is 13.7 Å². The van der Waals surface area contributed by atoms with Gasteiger partial charge >= 0.3 is 0 Å². The normalized spacial score (nSPS) is 10.7. The molecule has 1 amide bonds. The molecule has 0 unspecified atom stereocenters. The fraction of sp³-hybridized carbons (Fsp3) is 0.125. The molecule has 2 aromatic rings. The molecule has 6 nitrogen and oxygen atoms in total. The molecule has 0 saturated carbocycles. The Bertz CT molecular complexity index is 795. The monoisotopic (exact) mass is 534 g/mol. The highest BCUT2D eigenvalue weighted by Gasteiger charge is 2.12. The number of aromatic hydroxyl groups is 1. The van der Waals surface area contributed by atoms with Gasteiger partial charge in [-0.3, -0.25) is 4.79 Å². The quantitative estimate of drug-likeness (QED) is 0.428. The second-order valence-corrected chi connectivity index (χ2v) is 7.18. The van der Waals surface area contributed by atoms with Gasteiger partial charge in [0, 0.05) is 10.0 Å². The van der Waals surface area contributed by atoms with E-state index in [9.17, 15) is 9.90 Å². The number of amides is 1. The molecule has 0 aromatic heterocycles. The Morgan fingerprint density at radius 2 is 1.84 bits per heavy atom. The lowest BCUT2D eigenvalue weighted by Crippen LogP contribution is -2.24. The minimum absolute atomic E-state index is 0.0406. The fourth-order valence-electron chi connectivity index (χ4n) is 1.73. The summed E-state index contributed by atoms with van der Waals surface area (Å²) < 4.78 is 12.1. The number of phenols is 1. The first-order chi connectivity index (χ1) is 11.9. The number of phenolic OH excluding ortho intramolecular Hbond substituents is 1. The molecule has 2 rings (SSSR count). The number of nitrogens with zero attached hydrogens (tertiary/aromatic N) is 1. The molecule has 0 atom stereocenters. The molecule has 0 fully saturated rings. The van der Waals surface area contributed by atoms with Gasteiger partial charge in [-0.2, -0.15) is 5.10 Å². The van der Waals surface area contributed by atoms with Gasteiger partial charge in [0.25, 0.3) is 5.91 Å². The molecule has 0 aliphatic heterocycles. The van der Waals surface area contributed by atoms with Crippen LogP contribution in [0.4, 0.5) is 0 Å². The second kappa shape index (κ2) is 9.21. The van der Waals surface area contributed by atoms with Crippen LogP contribution in [0.2, 0.25) is 0 Å². The highest BCUT2D eigenvalue weighted by Crippen LogP contribution is 2.38. The predicted molar refractivity (Wildman–Crippen MR) is 105 cm³/mol. The number of carbonyl (C=O) groups excluding carboxylic acids is 1. The topological polar surface area (TPSA) is 80.2 Å².